The molecular weight excluding hydrogens is 258 g/mol. The highest BCUT2D eigenvalue weighted by Gasteiger charge is 2.14. The highest BCUT2D eigenvalue weighted by atomic mass is 35.5. The SMILES string of the molecule is COCCN(Cc1cc(C)sc1C)C(=O)CCl. The Hall–Kier alpha value is -0.580. The first-order valence-corrected chi connectivity index (χ1v) is 6.82. The van der Waals surface area contributed by atoms with Gasteiger partial charge in [0, 0.05) is 30.0 Å². The predicted octanol–water partition coefficient (Wildman–Crippen LogP) is 2.58. The molecule has 0 aromatic carbocycles. The average Bonchev–Trinajstić information content (AvgIpc) is 2.62. The van der Waals surface area contributed by atoms with Crippen LogP contribution in [-0.2, 0) is 16.1 Å². The lowest BCUT2D eigenvalue weighted by Gasteiger charge is -2.21. The molecule has 0 atom stereocenters. The Balaban J connectivity index is 2.71. The number of carbonyl (C=O) groups is 1. The minimum absolute atomic E-state index is 0.0197. The molecule has 17 heavy (non-hydrogen) atoms. The zero-order valence-electron chi connectivity index (χ0n) is 10.5. The molecule has 1 rings (SSSR count). The van der Waals surface area contributed by atoms with Crippen LogP contribution in [0, 0.1) is 13.8 Å². The number of amides is 1. The normalized spacial score (nSPS) is 10.6. The molecule has 0 fully saturated rings. The second-order valence-corrected chi connectivity index (χ2v) is 5.61. The fourth-order valence-electron chi connectivity index (χ4n) is 1.62. The van der Waals surface area contributed by atoms with Crippen LogP contribution in [0.1, 0.15) is 15.3 Å². The Morgan fingerprint density at radius 3 is 2.71 bits per heavy atom. The number of alkyl halides is 1. The summed E-state index contributed by atoms with van der Waals surface area (Å²) in [6, 6.07) is 2.13. The smallest absolute Gasteiger partial charge is 0.237 e. The van der Waals surface area contributed by atoms with Gasteiger partial charge in [0.05, 0.1) is 6.61 Å². The molecule has 0 aliphatic rings. The number of nitrogens with zero attached hydrogens (tertiary/aromatic N) is 1. The summed E-state index contributed by atoms with van der Waals surface area (Å²) in [6.07, 6.45) is 0. The standard InChI is InChI=1S/C12H18ClNO2S/c1-9-6-11(10(2)17-9)8-14(4-5-16-3)12(15)7-13/h6H,4-5,7-8H2,1-3H3. The Bertz CT molecular complexity index is 379. The molecule has 1 aromatic rings. The second kappa shape index (κ2) is 6.99. The number of carbonyl (C=O) groups excluding carboxylic acids is 1. The minimum Gasteiger partial charge on any atom is -0.383 e. The van der Waals surface area contributed by atoms with E-state index in [1.165, 1.54) is 15.3 Å². The summed E-state index contributed by atoms with van der Waals surface area (Å²) in [7, 11) is 1.63. The molecule has 1 heterocycles. The van der Waals surface area contributed by atoms with Crippen LogP contribution in [0.5, 0.6) is 0 Å². The van der Waals surface area contributed by atoms with Crippen molar-refractivity contribution in [1.29, 1.82) is 0 Å². The fourth-order valence-corrected chi connectivity index (χ4v) is 2.73. The van der Waals surface area contributed by atoms with Crippen molar-refractivity contribution in [2.75, 3.05) is 26.1 Å². The first-order chi connectivity index (χ1) is 8.08. The largest absolute Gasteiger partial charge is 0.383 e. The van der Waals surface area contributed by atoms with E-state index in [1.54, 1.807) is 23.3 Å². The first kappa shape index (κ1) is 14.5. The van der Waals surface area contributed by atoms with Gasteiger partial charge in [-0.2, -0.15) is 0 Å². The molecule has 1 aromatic heterocycles. The Morgan fingerprint density at radius 1 is 1.53 bits per heavy atom. The molecule has 0 N–H and O–H groups in total. The fraction of sp³-hybridized carbons (Fsp3) is 0.583. The van der Waals surface area contributed by atoms with Gasteiger partial charge in [0.25, 0.3) is 0 Å². The number of hydrogen-bond donors (Lipinski definition) is 0. The quantitative estimate of drug-likeness (QED) is 0.747. The van der Waals surface area contributed by atoms with Gasteiger partial charge in [0.1, 0.15) is 5.88 Å². The first-order valence-electron chi connectivity index (χ1n) is 5.47. The van der Waals surface area contributed by atoms with Gasteiger partial charge >= 0.3 is 0 Å². The van der Waals surface area contributed by atoms with Crippen LogP contribution < -0.4 is 0 Å². The molecule has 0 saturated carbocycles. The van der Waals surface area contributed by atoms with Crippen LogP contribution in [0.15, 0.2) is 6.07 Å². The molecular formula is C12H18ClNO2S. The molecule has 0 aliphatic carbocycles. The molecule has 1 amide bonds. The van der Waals surface area contributed by atoms with Crippen molar-refractivity contribution in [3.63, 3.8) is 0 Å². The van der Waals surface area contributed by atoms with E-state index in [0.29, 0.717) is 19.7 Å². The number of hydrogen-bond acceptors (Lipinski definition) is 3. The number of rotatable bonds is 6. The zero-order chi connectivity index (χ0) is 12.8. The third-order valence-electron chi connectivity index (χ3n) is 2.54. The van der Waals surface area contributed by atoms with E-state index in [2.05, 4.69) is 19.9 Å². The molecule has 0 aliphatic heterocycles. The van der Waals surface area contributed by atoms with Crippen molar-refractivity contribution in [2.24, 2.45) is 0 Å². The van der Waals surface area contributed by atoms with Gasteiger partial charge in [-0.25, -0.2) is 0 Å². The molecule has 0 radical (unpaired) electrons. The predicted molar refractivity (Wildman–Crippen MR) is 71.8 cm³/mol. The van der Waals surface area contributed by atoms with Gasteiger partial charge in [0.2, 0.25) is 5.91 Å². The van der Waals surface area contributed by atoms with Gasteiger partial charge < -0.3 is 9.64 Å². The average molecular weight is 276 g/mol. The Morgan fingerprint density at radius 2 is 2.24 bits per heavy atom. The summed E-state index contributed by atoms with van der Waals surface area (Å²) < 4.78 is 5.01. The van der Waals surface area contributed by atoms with Gasteiger partial charge in [-0.05, 0) is 25.5 Å². The maximum Gasteiger partial charge on any atom is 0.237 e. The topological polar surface area (TPSA) is 29.5 Å². The van der Waals surface area contributed by atoms with Crippen LogP contribution in [0.3, 0.4) is 0 Å². The van der Waals surface area contributed by atoms with E-state index in [0.717, 1.165) is 0 Å². The van der Waals surface area contributed by atoms with E-state index >= 15 is 0 Å². The number of thiophene rings is 1. The van der Waals surface area contributed by atoms with Crippen molar-refractivity contribution in [3.05, 3.63) is 21.4 Å². The highest BCUT2D eigenvalue weighted by molar-refractivity contribution is 7.12. The summed E-state index contributed by atoms with van der Waals surface area (Å²) in [4.78, 5) is 15.9. The third-order valence-corrected chi connectivity index (χ3v) is 3.77. The van der Waals surface area contributed by atoms with Crippen LogP contribution >= 0.6 is 22.9 Å². The number of halogens is 1. The van der Waals surface area contributed by atoms with Gasteiger partial charge in [-0.1, -0.05) is 0 Å². The molecule has 5 heteroatoms. The number of aryl methyl sites for hydroxylation is 2. The molecule has 0 unspecified atom stereocenters. The van der Waals surface area contributed by atoms with E-state index in [-0.39, 0.29) is 11.8 Å². The minimum atomic E-state index is -0.0491. The third kappa shape index (κ3) is 4.30. The summed E-state index contributed by atoms with van der Waals surface area (Å²) >= 11 is 7.36. The van der Waals surface area contributed by atoms with Crippen molar-refractivity contribution in [2.45, 2.75) is 20.4 Å². The van der Waals surface area contributed by atoms with E-state index in [1.807, 2.05) is 0 Å². The summed E-state index contributed by atoms with van der Waals surface area (Å²) in [5.74, 6) is -0.0294. The lowest BCUT2D eigenvalue weighted by molar-refractivity contribution is -0.129. The van der Waals surface area contributed by atoms with Gasteiger partial charge in [-0.15, -0.1) is 22.9 Å². The van der Waals surface area contributed by atoms with Crippen LogP contribution in [0.2, 0.25) is 0 Å². The van der Waals surface area contributed by atoms with E-state index in [4.69, 9.17) is 16.3 Å². The lowest BCUT2D eigenvalue weighted by atomic mass is 10.2. The lowest BCUT2D eigenvalue weighted by Crippen LogP contribution is -2.34. The van der Waals surface area contributed by atoms with Crippen molar-refractivity contribution in [3.8, 4) is 0 Å². The monoisotopic (exact) mass is 275 g/mol. The van der Waals surface area contributed by atoms with E-state index in [9.17, 15) is 4.79 Å². The zero-order valence-corrected chi connectivity index (χ0v) is 12.0. The Kier molecular flexibility index (Phi) is 5.95. The van der Waals surface area contributed by atoms with Crippen molar-refractivity contribution in [1.82, 2.24) is 4.90 Å². The van der Waals surface area contributed by atoms with Crippen LogP contribution in [0.4, 0.5) is 0 Å². The highest BCUT2D eigenvalue weighted by Crippen LogP contribution is 2.22. The van der Waals surface area contributed by atoms with Gasteiger partial charge in [-0.3, -0.25) is 4.79 Å². The van der Waals surface area contributed by atoms with Crippen LogP contribution in [-0.4, -0.2) is 36.9 Å². The summed E-state index contributed by atoms with van der Waals surface area (Å²) in [5, 5.41) is 0. The number of methoxy groups -OCH3 is 1. The molecule has 3 nitrogen and oxygen atoms in total. The number of ether oxygens (including phenoxy) is 1. The summed E-state index contributed by atoms with van der Waals surface area (Å²) in [6.45, 7) is 5.88. The maximum atomic E-state index is 11.7. The van der Waals surface area contributed by atoms with Crippen molar-refractivity contribution >= 4 is 28.8 Å². The van der Waals surface area contributed by atoms with Crippen LogP contribution in [0.25, 0.3) is 0 Å². The Labute approximate surface area is 111 Å². The molecule has 0 spiro atoms. The molecule has 96 valence electrons. The second-order valence-electron chi connectivity index (χ2n) is 3.88. The van der Waals surface area contributed by atoms with E-state index < -0.39 is 0 Å². The molecule has 0 saturated heterocycles. The maximum absolute atomic E-state index is 11.7. The molecule has 0 bridgehead atoms. The summed E-state index contributed by atoms with van der Waals surface area (Å²) in [5.41, 5.74) is 1.20. The van der Waals surface area contributed by atoms with Crippen molar-refractivity contribution < 1.29 is 9.53 Å². The van der Waals surface area contributed by atoms with Gasteiger partial charge in [0.15, 0.2) is 0 Å².